The van der Waals surface area contributed by atoms with Crippen molar-refractivity contribution in [3.8, 4) is 0 Å². The van der Waals surface area contributed by atoms with Crippen LogP contribution in [0, 0.1) is 0 Å². The van der Waals surface area contributed by atoms with Crippen molar-refractivity contribution in [3.63, 3.8) is 0 Å². The van der Waals surface area contributed by atoms with Gasteiger partial charge in [-0.25, -0.2) is 0 Å². The van der Waals surface area contributed by atoms with Gasteiger partial charge in [0.1, 0.15) is 0 Å². The standard InChI is InChI=1S/C15H23BO3/c1-14(2,17)15(3,4)19-16(18)13-10-6-8-11-7-5-9-12(11)13/h6,8,10,17-18H,5,7,9H2,1-4H3. The van der Waals surface area contributed by atoms with Gasteiger partial charge in [-0.1, -0.05) is 18.2 Å². The van der Waals surface area contributed by atoms with Gasteiger partial charge in [0.05, 0.1) is 11.2 Å². The first-order chi connectivity index (χ1) is 8.72. The first-order valence-corrected chi connectivity index (χ1v) is 6.91. The van der Waals surface area contributed by atoms with Crippen LogP contribution in [0.25, 0.3) is 0 Å². The fourth-order valence-corrected chi connectivity index (χ4v) is 2.37. The van der Waals surface area contributed by atoms with E-state index < -0.39 is 18.3 Å². The zero-order chi connectivity index (χ0) is 14.3. The molecule has 1 aromatic carbocycles. The summed E-state index contributed by atoms with van der Waals surface area (Å²) in [5, 5.41) is 20.4. The van der Waals surface area contributed by atoms with E-state index in [-0.39, 0.29) is 0 Å². The van der Waals surface area contributed by atoms with Crippen molar-refractivity contribution in [1.29, 1.82) is 0 Å². The predicted octanol–water partition coefficient (Wildman–Crippen LogP) is 1.43. The number of hydrogen-bond acceptors (Lipinski definition) is 3. The van der Waals surface area contributed by atoms with Crippen LogP contribution in [0.4, 0.5) is 0 Å². The van der Waals surface area contributed by atoms with E-state index in [2.05, 4.69) is 6.07 Å². The highest BCUT2D eigenvalue weighted by Crippen LogP contribution is 2.26. The second-order valence-corrected chi connectivity index (χ2v) is 6.38. The van der Waals surface area contributed by atoms with Gasteiger partial charge in [0, 0.05) is 0 Å². The molecule has 1 aliphatic carbocycles. The van der Waals surface area contributed by atoms with Crippen LogP contribution < -0.4 is 5.46 Å². The van der Waals surface area contributed by atoms with Gasteiger partial charge in [0.2, 0.25) is 0 Å². The summed E-state index contributed by atoms with van der Waals surface area (Å²) in [6.07, 6.45) is 3.20. The molecule has 4 heteroatoms. The maximum Gasteiger partial charge on any atom is 0.491 e. The molecule has 0 saturated heterocycles. The van der Waals surface area contributed by atoms with Crippen LogP contribution in [0.2, 0.25) is 0 Å². The lowest BCUT2D eigenvalue weighted by molar-refractivity contribution is -0.0982. The first-order valence-electron chi connectivity index (χ1n) is 6.91. The molecule has 1 aliphatic rings. The van der Waals surface area contributed by atoms with Crippen molar-refractivity contribution in [1.82, 2.24) is 0 Å². The summed E-state index contributed by atoms with van der Waals surface area (Å²) in [7, 11) is -0.991. The second-order valence-electron chi connectivity index (χ2n) is 6.38. The average molecular weight is 262 g/mol. The summed E-state index contributed by atoms with van der Waals surface area (Å²) in [5.41, 5.74) is 1.51. The molecule has 0 spiro atoms. The Balaban J connectivity index is 2.22. The van der Waals surface area contributed by atoms with Crippen LogP contribution in [0.5, 0.6) is 0 Å². The highest BCUT2D eigenvalue weighted by molar-refractivity contribution is 6.60. The molecule has 2 rings (SSSR count). The smallest absolute Gasteiger partial charge is 0.423 e. The molecule has 3 nitrogen and oxygen atoms in total. The topological polar surface area (TPSA) is 49.7 Å². The third-order valence-corrected chi connectivity index (χ3v) is 4.33. The number of aryl methyl sites for hydroxylation is 1. The Kier molecular flexibility index (Phi) is 3.78. The summed E-state index contributed by atoms with van der Waals surface area (Å²) in [4.78, 5) is 0. The van der Waals surface area contributed by atoms with Crippen molar-refractivity contribution < 1.29 is 14.8 Å². The zero-order valence-electron chi connectivity index (χ0n) is 12.2. The van der Waals surface area contributed by atoms with E-state index in [0.717, 1.165) is 24.7 Å². The lowest BCUT2D eigenvalue weighted by Crippen LogP contribution is -2.53. The molecule has 2 N–H and O–H groups in total. The monoisotopic (exact) mass is 262 g/mol. The van der Waals surface area contributed by atoms with Crippen LogP contribution in [-0.4, -0.2) is 28.5 Å². The van der Waals surface area contributed by atoms with Crippen LogP contribution in [0.1, 0.15) is 45.2 Å². The molecule has 0 atom stereocenters. The minimum atomic E-state index is -1.02. The summed E-state index contributed by atoms with van der Waals surface area (Å²) >= 11 is 0. The molecule has 0 unspecified atom stereocenters. The van der Waals surface area contributed by atoms with E-state index in [9.17, 15) is 10.1 Å². The number of fused-ring (bicyclic) bond motifs is 1. The number of hydrogen-bond donors (Lipinski definition) is 2. The molecule has 0 heterocycles. The Morgan fingerprint density at radius 1 is 1.16 bits per heavy atom. The van der Waals surface area contributed by atoms with Gasteiger partial charge in [-0.15, -0.1) is 0 Å². The van der Waals surface area contributed by atoms with Gasteiger partial charge >= 0.3 is 7.12 Å². The van der Waals surface area contributed by atoms with Crippen molar-refractivity contribution >= 4 is 12.6 Å². The zero-order valence-corrected chi connectivity index (χ0v) is 12.2. The number of benzene rings is 1. The Morgan fingerprint density at radius 3 is 2.47 bits per heavy atom. The highest BCUT2D eigenvalue weighted by Gasteiger charge is 2.40. The van der Waals surface area contributed by atoms with E-state index in [0.29, 0.717) is 0 Å². The molecule has 0 bridgehead atoms. The van der Waals surface area contributed by atoms with Crippen LogP contribution in [0.3, 0.4) is 0 Å². The fraction of sp³-hybridized carbons (Fsp3) is 0.600. The molecule has 0 radical (unpaired) electrons. The van der Waals surface area contributed by atoms with E-state index in [1.165, 1.54) is 11.1 Å². The molecule has 0 amide bonds. The molecule has 19 heavy (non-hydrogen) atoms. The highest BCUT2D eigenvalue weighted by atomic mass is 16.5. The van der Waals surface area contributed by atoms with Crippen LogP contribution in [-0.2, 0) is 17.5 Å². The molecular formula is C15H23BO3. The fourth-order valence-electron chi connectivity index (χ4n) is 2.37. The van der Waals surface area contributed by atoms with E-state index in [1.54, 1.807) is 27.7 Å². The first kappa shape index (κ1) is 14.6. The van der Waals surface area contributed by atoms with Gasteiger partial charge in [-0.3, -0.25) is 0 Å². The second kappa shape index (κ2) is 4.93. The lowest BCUT2D eigenvalue weighted by atomic mass is 9.73. The largest absolute Gasteiger partial charge is 0.491 e. The van der Waals surface area contributed by atoms with Gasteiger partial charge in [0.25, 0.3) is 0 Å². The summed E-state index contributed by atoms with van der Waals surface area (Å²) in [6.45, 7) is 6.96. The lowest BCUT2D eigenvalue weighted by Gasteiger charge is -2.38. The molecule has 0 fully saturated rings. The predicted molar refractivity (Wildman–Crippen MR) is 77.5 cm³/mol. The molecule has 1 aromatic rings. The van der Waals surface area contributed by atoms with Crippen LogP contribution in [0.15, 0.2) is 18.2 Å². The Bertz CT molecular complexity index is 463. The van der Waals surface area contributed by atoms with Crippen LogP contribution >= 0.6 is 0 Å². The Morgan fingerprint density at radius 2 is 1.84 bits per heavy atom. The van der Waals surface area contributed by atoms with Crippen molar-refractivity contribution in [2.24, 2.45) is 0 Å². The van der Waals surface area contributed by atoms with E-state index in [1.807, 2.05) is 12.1 Å². The molecule has 0 saturated carbocycles. The minimum Gasteiger partial charge on any atom is -0.423 e. The number of rotatable bonds is 4. The molecule has 0 aliphatic heterocycles. The maximum atomic E-state index is 10.4. The van der Waals surface area contributed by atoms with Crippen molar-refractivity contribution in [2.45, 2.75) is 58.2 Å². The molecular weight excluding hydrogens is 239 g/mol. The third-order valence-electron chi connectivity index (χ3n) is 4.33. The Labute approximate surface area is 115 Å². The van der Waals surface area contributed by atoms with E-state index >= 15 is 0 Å². The number of aliphatic hydroxyl groups is 1. The SMILES string of the molecule is CC(C)(O)C(C)(C)OB(O)c1cccc2c1CCC2. The van der Waals surface area contributed by atoms with Crippen molar-refractivity contribution in [2.75, 3.05) is 0 Å². The molecule has 104 valence electrons. The van der Waals surface area contributed by atoms with Gasteiger partial charge < -0.3 is 14.8 Å². The van der Waals surface area contributed by atoms with Gasteiger partial charge in [0.15, 0.2) is 0 Å². The van der Waals surface area contributed by atoms with Gasteiger partial charge in [-0.05, 0) is 63.5 Å². The van der Waals surface area contributed by atoms with E-state index in [4.69, 9.17) is 4.65 Å². The summed E-state index contributed by atoms with van der Waals surface area (Å²) in [6, 6.07) is 5.98. The molecule has 0 aromatic heterocycles. The minimum absolute atomic E-state index is 0.826. The quantitative estimate of drug-likeness (QED) is 0.807. The Hall–Kier alpha value is -0.835. The van der Waals surface area contributed by atoms with Crippen molar-refractivity contribution in [3.05, 3.63) is 29.3 Å². The average Bonchev–Trinajstić information content (AvgIpc) is 2.73. The normalized spacial score (nSPS) is 15.5. The summed E-state index contributed by atoms with van der Waals surface area (Å²) < 4.78 is 5.72. The maximum absolute atomic E-state index is 10.4. The third kappa shape index (κ3) is 2.86. The van der Waals surface area contributed by atoms with Gasteiger partial charge in [-0.2, -0.15) is 0 Å². The summed E-state index contributed by atoms with van der Waals surface area (Å²) in [5.74, 6) is 0.